The molecule has 0 radical (unpaired) electrons. The van der Waals surface area contributed by atoms with Gasteiger partial charge in [-0.1, -0.05) is 68.1 Å². The van der Waals surface area contributed by atoms with Gasteiger partial charge in [0.1, 0.15) is 0 Å². The highest BCUT2D eigenvalue weighted by molar-refractivity contribution is 7.90. The van der Waals surface area contributed by atoms with Crippen LogP contribution in [0, 0.1) is 6.92 Å². The van der Waals surface area contributed by atoms with E-state index in [1.165, 1.54) is 54.5 Å². The Balaban J connectivity index is 1.31. The Labute approximate surface area is 246 Å². The first-order valence-corrected chi connectivity index (χ1v) is 16.6. The van der Waals surface area contributed by atoms with Crippen molar-refractivity contribution in [3.05, 3.63) is 95.9 Å². The Morgan fingerprint density at radius 2 is 1.59 bits per heavy atom. The van der Waals surface area contributed by atoms with Crippen LogP contribution in [0.5, 0.6) is 0 Å². The van der Waals surface area contributed by atoms with Crippen LogP contribution in [0.4, 0.5) is 0 Å². The molecule has 0 atom stereocenters. The van der Waals surface area contributed by atoms with Gasteiger partial charge in [0.2, 0.25) is 0 Å². The molecule has 2 aromatic carbocycles. The predicted molar refractivity (Wildman–Crippen MR) is 167 cm³/mol. The third-order valence-corrected chi connectivity index (χ3v) is 10.2. The molecule has 218 valence electrons. The van der Waals surface area contributed by atoms with Gasteiger partial charge in [0.15, 0.2) is 0 Å². The Bertz CT molecular complexity index is 1490. The van der Waals surface area contributed by atoms with Crippen molar-refractivity contribution >= 4 is 20.9 Å². The second kappa shape index (κ2) is 13.8. The first-order chi connectivity index (χ1) is 19.9. The highest BCUT2D eigenvalue weighted by atomic mass is 32.2. The lowest BCUT2D eigenvalue weighted by molar-refractivity contribution is 0.186. The van der Waals surface area contributed by atoms with Crippen LogP contribution in [-0.2, 0) is 23.1 Å². The summed E-state index contributed by atoms with van der Waals surface area (Å²) in [6.07, 6.45) is 14.1. The summed E-state index contributed by atoms with van der Waals surface area (Å²) in [5.74, 6) is 0. The summed E-state index contributed by atoms with van der Waals surface area (Å²) in [5.41, 5.74) is 3.93. The van der Waals surface area contributed by atoms with E-state index in [0.717, 1.165) is 48.7 Å². The zero-order chi connectivity index (χ0) is 28.7. The maximum absolute atomic E-state index is 13.6. The fourth-order valence-electron chi connectivity index (χ4n) is 6.13. The highest BCUT2D eigenvalue weighted by Crippen LogP contribution is 2.28. The van der Waals surface area contributed by atoms with Crippen LogP contribution in [-0.4, -0.2) is 53.4 Å². The molecule has 0 aliphatic heterocycles. The largest absolute Gasteiger partial charge is 0.303 e. The van der Waals surface area contributed by atoms with Gasteiger partial charge in [-0.25, -0.2) is 12.4 Å². The molecule has 1 aliphatic carbocycles. The van der Waals surface area contributed by atoms with Crippen molar-refractivity contribution < 1.29 is 8.42 Å². The lowest BCUT2D eigenvalue weighted by atomic mass is 9.94. The van der Waals surface area contributed by atoms with E-state index in [9.17, 15) is 8.42 Å². The average Bonchev–Trinajstić information content (AvgIpc) is 3.38. The molecule has 1 aliphatic rings. The zero-order valence-corrected chi connectivity index (χ0v) is 25.4. The first kappa shape index (κ1) is 29.5. The van der Waals surface area contributed by atoms with Crippen molar-refractivity contribution in [2.75, 3.05) is 20.1 Å². The Hall–Kier alpha value is -3.00. The molecule has 0 N–H and O–H groups in total. The van der Waals surface area contributed by atoms with Gasteiger partial charge >= 0.3 is 0 Å². The first-order valence-electron chi connectivity index (χ1n) is 15.2. The summed E-state index contributed by atoms with van der Waals surface area (Å²) in [4.78, 5) is 9.84. The molecule has 0 saturated heterocycles. The fraction of sp³-hybridized carbons (Fsp3) is 0.441. The number of fused-ring (bicyclic) bond motifs is 1. The van der Waals surface area contributed by atoms with Crippen molar-refractivity contribution in [2.45, 2.75) is 82.3 Å². The number of para-hydroxylation sites is 1. The summed E-state index contributed by atoms with van der Waals surface area (Å²) in [5, 5.41) is 0.980. The molecule has 1 fully saturated rings. The molecule has 0 unspecified atom stereocenters. The van der Waals surface area contributed by atoms with Crippen LogP contribution in [0.15, 0.2) is 84.0 Å². The number of aryl methyl sites for hydroxylation is 1. The van der Waals surface area contributed by atoms with E-state index >= 15 is 0 Å². The third kappa shape index (κ3) is 7.45. The number of benzene rings is 2. The maximum atomic E-state index is 13.6. The SMILES string of the molecule is Cc1ccc(CN(CCCCCN(C)C2CCCCC2)Cc2cn(S(=O)(=O)c3ccccc3)c3ccccc23)cn1. The molecule has 0 amide bonds. The lowest BCUT2D eigenvalue weighted by Gasteiger charge is -2.31. The fourth-order valence-corrected chi connectivity index (χ4v) is 7.54. The molecular formula is C34H44N4O2S. The molecule has 41 heavy (non-hydrogen) atoms. The summed E-state index contributed by atoms with van der Waals surface area (Å²) < 4.78 is 28.7. The number of nitrogens with zero attached hydrogens (tertiary/aromatic N) is 4. The maximum Gasteiger partial charge on any atom is 0.268 e. The van der Waals surface area contributed by atoms with Crippen molar-refractivity contribution in [1.29, 1.82) is 0 Å². The van der Waals surface area contributed by atoms with E-state index in [2.05, 4.69) is 34.0 Å². The van der Waals surface area contributed by atoms with Gasteiger partial charge in [-0.15, -0.1) is 0 Å². The van der Waals surface area contributed by atoms with Gasteiger partial charge in [0, 0.05) is 42.6 Å². The second-order valence-electron chi connectivity index (χ2n) is 11.6. The smallest absolute Gasteiger partial charge is 0.268 e. The molecule has 7 heteroatoms. The summed E-state index contributed by atoms with van der Waals surface area (Å²) >= 11 is 0. The third-order valence-electron chi connectivity index (χ3n) is 8.52. The number of hydrogen-bond donors (Lipinski definition) is 0. The molecule has 4 aromatic rings. The van der Waals surface area contributed by atoms with Gasteiger partial charge in [-0.2, -0.15) is 0 Å². The van der Waals surface area contributed by atoms with Crippen LogP contribution in [0.3, 0.4) is 0 Å². The van der Waals surface area contributed by atoms with Crippen LogP contribution in [0.25, 0.3) is 10.9 Å². The molecule has 0 bridgehead atoms. The topological polar surface area (TPSA) is 58.4 Å². The van der Waals surface area contributed by atoms with E-state index in [4.69, 9.17) is 0 Å². The quantitative estimate of drug-likeness (QED) is 0.161. The summed E-state index contributed by atoms with van der Waals surface area (Å²) in [6, 6.07) is 21.5. The molecule has 0 spiro atoms. The average molecular weight is 573 g/mol. The molecule has 5 rings (SSSR count). The Morgan fingerprint density at radius 1 is 0.854 bits per heavy atom. The molecule has 6 nitrogen and oxygen atoms in total. The van der Waals surface area contributed by atoms with E-state index in [0.29, 0.717) is 17.0 Å². The van der Waals surface area contributed by atoms with Crippen molar-refractivity contribution in [2.24, 2.45) is 0 Å². The zero-order valence-electron chi connectivity index (χ0n) is 24.6. The van der Waals surface area contributed by atoms with Gasteiger partial charge in [0.05, 0.1) is 10.4 Å². The predicted octanol–water partition coefficient (Wildman–Crippen LogP) is 7.02. The van der Waals surface area contributed by atoms with Gasteiger partial charge < -0.3 is 4.90 Å². The standard InChI is InChI=1S/C34H44N4O2S/c1-28-20-21-29(24-35-28)25-37(23-13-5-12-22-36(2)31-14-6-3-7-15-31)26-30-27-38(34-19-11-10-18-33(30)34)41(39,40)32-16-8-4-9-17-32/h4,8-11,16-21,24,27,31H,3,5-7,12-15,22-23,25-26H2,1-2H3. The summed E-state index contributed by atoms with van der Waals surface area (Å²) in [6.45, 7) is 5.57. The lowest BCUT2D eigenvalue weighted by Crippen LogP contribution is -2.34. The van der Waals surface area contributed by atoms with E-state index in [-0.39, 0.29) is 0 Å². The molecule has 1 saturated carbocycles. The van der Waals surface area contributed by atoms with Crippen LogP contribution < -0.4 is 0 Å². The van der Waals surface area contributed by atoms with Crippen molar-refractivity contribution in [1.82, 2.24) is 18.8 Å². The molecular weight excluding hydrogens is 528 g/mol. The molecule has 2 heterocycles. The van der Waals surface area contributed by atoms with Crippen LogP contribution in [0.2, 0.25) is 0 Å². The minimum Gasteiger partial charge on any atom is -0.303 e. The van der Waals surface area contributed by atoms with Gasteiger partial charge in [0.25, 0.3) is 10.0 Å². The number of hydrogen-bond acceptors (Lipinski definition) is 5. The van der Waals surface area contributed by atoms with Crippen molar-refractivity contribution in [3.63, 3.8) is 0 Å². The number of aromatic nitrogens is 2. The Kier molecular flexibility index (Phi) is 9.91. The number of pyridine rings is 1. The van der Waals surface area contributed by atoms with E-state index in [1.807, 2.05) is 49.6 Å². The van der Waals surface area contributed by atoms with Gasteiger partial charge in [-0.3, -0.25) is 9.88 Å². The summed E-state index contributed by atoms with van der Waals surface area (Å²) in [7, 11) is -1.41. The van der Waals surface area contributed by atoms with E-state index < -0.39 is 10.0 Å². The Morgan fingerprint density at radius 3 is 2.34 bits per heavy atom. The monoisotopic (exact) mass is 572 g/mol. The number of rotatable bonds is 13. The number of unbranched alkanes of at least 4 members (excludes halogenated alkanes) is 2. The highest BCUT2D eigenvalue weighted by Gasteiger charge is 2.22. The minimum atomic E-state index is -3.70. The normalized spacial score (nSPS) is 14.8. The van der Waals surface area contributed by atoms with E-state index in [1.54, 1.807) is 24.3 Å². The van der Waals surface area contributed by atoms with Crippen molar-refractivity contribution in [3.8, 4) is 0 Å². The van der Waals surface area contributed by atoms with Gasteiger partial charge in [-0.05, 0) is 88.1 Å². The minimum absolute atomic E-state index is 0.299. The van der Waals surface area contributed by atoms with Crippen LogP contribution >= 0.6 is 0 Å². The molecule has 2 aromatic heterocycles. The second-order valence-corrected chi connectivity index (χ2v) is 13.5. The van der Waals surface area contributed by atoms with Crippen LogP contribution in [0.1, 0.15) is 68.2 Å².